The van der Waals surface area contributed by atoms with E-state index in [1.165, 1.54) is 0 Å². The van der Waals surface area contributed by atoms with Crippen LogP contribution in [0.4, 0.5) is 32.0 Å². The van der Waals surface area contributed by atoms with Gasteiger partial charge in [-0.15, -0.1) is 0 Å². The van der Waals surface area contributed by atoms with Gasteiger partial charge in [-0.05, 0) is 6.42 Å². The molecule has 0 radical (unpaired) electrons. The summed E-state index contributed by atoms with van der Waals surface area (Å²) in [5.74, 6) is -1.39. The second-order valence-corrected chi connectivity index (χ2v) is 3.83. The summed E-state index contributed by atoms with van der Waals surface area (Å²) in [5.41, 5.74) is 4.71. The van der Waals surface area contributed by atoms with Crippen molar-refractivity contribution in [1.82, 2.24) is 9.97 Å². The van der Waals surface area contributed by atoms with Crippen LogP contribution >= 0.6 is 0 Å². The summed E-state index contributed by atoms with van der Waals surface area (Å²) in [4.78, 5) is 6.68. The van der Waals surface area contributed by atoms with Gasteiger partial charge in [0.1, 0.15) is 6.33 Å². The summed E-state index contributed by atoms with van der Waals surface area (Å²) < 4.78 is 83.1. The Morgan fingerprint density at radius 3 is 2.10 bits per heavy atom. The number of ether oxygens (including phenoxy) is 2. The first-order valence-corrected chi connectivity index (χ1v) is 5.60. The van der Waals surface area contributed by atoms with Crippen LogP contribution in [0.2, 0.25) is 0 Å². The predicted octanol–water partition coefficient (Wildman–Crippen LogP) is 2.72. The number of aromatic nitrogens is 2. The lowest BCUT2D eigenvalue weighted by Crippen LogP contribution is -2.46. The molecular formula is C10H11F6N3O2. The fourth-order valence-corrected chi connectivity index (χ4v) is 1.20. The number of alkyl halides is 6. The molecule has 5 nitrogen and oxygen atoms in total. The summed E-state index contributed by atoms with van der Waals surface area (Å²) >= 11 is 0. The van der Waals surface area contributed by atoms with Crippen LogP contribution < -0.4 is 15.2 Å². The summed E-state index contributed by atoms with van der Waals surface area (Å²) in [5, 5.41) is 0. The van der Waals surface area contributed by atoms with E-state index in [0.717, 1.165) is 0 Å². The molecule has 0 unspecified atom stereocenters. The first-order chi connectivity index (χ1) is 9.57. The van der Waals surface area contributed by atoms with Crippen molar-refractivity contribution in [2.24, 2.45) is 0 Å². The third kappa shape index (κ3) is 4.53. The minimum absolute atomic E-state index is 0.128. The van der Waals surface area contributed by atoms with Crippen molar-refractivity contribution in [2.75, 3.05) is 12.3 Å². The van der Waals surface area contributed by atoms with Crippen LogP contribution in [0.15, 0.2) is 6.33 Å². The second kappa shape index (κ2) is 6.22. The molecule has 0 saturated heterocycles. The lowest BCUT2D eigenvalue weighted by molar-refractivity contribution is -0.300. The van der Waals surface area contributed by atoms with E-state index < -0.39 is 30.0 Å². The fourth-order valence-electron chi connectivity index (χ4n) is 1.20. The lowest BCUT2D eigenvalue weighted by Gasteiger charge is -2.23. The van der Waals surface area contributed by atoms with Gasteiger partial charge in [0.2, 0.25) is 11.8 Å². The Morgan fingerprint density at radius 2 is 1.62 bits per heavy atom. The number of nitrogen functional groups attached to an aromatic ring is 1. The molecule has 0 aliphatic rings. The zero-order valence-electron chi connectivity index (χ0n) is 10.6. The molecule has 1 aromatic rings. The third-order valence-electron chi connectivity index (χ3n) is 2.08. The van der Waals surface area contributed by atoms with Gasteiger partial charge in [-0.1, -0.05) is 6.92 Å². The van der Waals surface area contributed by atoms with Crippen LogP contribution in [0.1, 0.15) is 13.3 Å². The summed E-state index contributed by atoms with van der Waals surface area (Å²) in [7, 11) is 0. The van der Waals surface area contributed by atoms with Crippen molar-refractivity contribution in [2.45, 2.75) is 31.8 Å². The van der Waals surface area contributed by atoms with Gasteiger partial charge in [0.05, 0.1) is 6.61 Å². The maximum atomic E-state index is 12.4. The average molecular weight is 319 g/mol. The summed E-state index contributed by atoms with van der Waals surface area (Å²) in [6, 6.07) is 0. The zero-order valence-corrected chi connectivity index (χ0v) is 10.6. The van der Waals surface area contributed by atoms with Crippen LogP contribution in [0.3, 0.4) is 0 Å². The Kier molecular flexibility index (Phi) is 5.07. The molecule has 0 saturated carbocycles. The molecule has 0 aliphatic carbocycles. The van der Waals surface area contributed by atoms with Crippen molar-refractivity contribution < 1.29 is 35.8 Å². The molecule has 0 bridgehead atoms. The Bertz CT molecular complexity index is 463. The van der Waals surface area contributed by atoms with E-state index in [0.29, 0.717) is 12.7 Å². The lowest BCUT2D eigenvalue weighted by atomic mass is 10.3. The van der Waals surface area contributed by atoms with Crippen molar-refractivity contribution in [3.8, 4) is 11.8 Å². The average Bonchev–Trinajstić information content (AvgIpc) is 2.33. The largest absolute Gasteiger partial charge is 0.476 e. The number of nitrogens with two attached hydrogens (primary N) is 1. The minimum atomic E-state index is -5.67. The van der Waals surface area contributed by atoms with Gasteiger partial charge < -0.3 is 15.2 Å². The molecule has 0 amide bonds. The second-order valence-electron chi connectivity index (χ2n) is 3.83. The maximum absolute atomic E-state index is 12.4. The van der Waals surface area contributed by atoms with Gasteiger partial charge >= 0.3 is 12.4 Å². The number of nitrogens with zero attached hydrogens (tertiary/aromatic N) is 2. The van der Waals surface area contributed by atoms with Gasteiger partial charge in [0.15, 0.2) is 5.69 Å². The minimum Gasteiger partial charge on any atom is -0.476 e. The van der Waals surface area contributed by atoms with Crippen LogP contribution in [-0.2, 0) is 0 Å². The Hall–Kier alpha value is -1.94. The van der Waals surface area contributed by atoms with E-state index in [9.17, 15) is 26.3 Å². The normalized spacial score (nSPS) is 12.6. The van der Waals surface area contributed by atoms with Crippen LogP contribution in [0, 0.1) is 0 Å². The fraction of sp³-hybridized carbons (Fsp3) is 0.600. The van der Waals surface area contributed by atoms with E-state index in [2.05, 4.69) is 14.7 Å². The number of hydrogen-bond donors (Lipinski definition) is 1. The molecule has 0 aliphatic heterocycles. The Morgan fingerprint density at radius 1 is 1.10 bits per heavy atom. The highest BCUT2D eigenvalue weighted by molar-refractivity contribution is 5.55. The van der Waals surface area contributed by atoms with Crippen molar-refractivity contribution in [3.63, 3.8) is 0 Å². The predicted molar refractivity (Wildman–Crippen MR) is 58.8 cm³/mol. The Labute approximate surface area is 115 Å². The summed E-state index contributed by atoms with van der Waals surface area (Å²) in [6.45, 7) is 1.86. The molecule has 0 fully saturated rings. The molecule has 120 valence electrons. The molecule has 2 N–H and O–H groups in total. The summed E-state index contributed by atoms with van der Waals surface area (Å²) in [6.07, 6.45) is -14.1. The highest BCUT2D eigenvalue weighted by Crippen LogP contribution is 2.38. The molecule has 0 atom stereocenters. The maximum Gasteiger partial charge on any atom is 0.434 e. The molecule has 1 aromatic heterocycles. The molecular weight excluding hydrogens is 308 g/mol. The third-order valence-corrected chi connectivity index (χ3v) is 2.08. The molecule has 0 aromatic carbocycles. The van der Waals surface area contributed by atoms with Crippen LogP contribution in [-0.4, -0.2) is 35.0 Å². The molecule has 11 heteroatoms. The first kappa shape index (κ1) is 17.1. The monoisotopic (exact) mass is 319 g/mol. The number of anilines is 1. The molecule has 21 heavy (non-hydrogen) atoms. The van der Waals surface area contributed by atoms with Gasteiger partial charge in [0, 0.05) is 0 Å². The SMILES string of the molecule is CCCOc1ncnc(OC(C(F)(F)F)C(F)(F)F)c1N. The van der Waals surface area contributed by atoms with E-state index in [1.807, 2.05) is 0 Å². The van der Waals surface area contributed by atoms with E-state index in [1.54, 1.807) is 6.92 Å². The number of hydrogen-bond acceptors (Lipinski definition) is 5. The van der Waals surface area contributed by atoms with E-state index >= 15 is 0 Å². The standard InChI is InChI=1S/C10H11F6N3O2/c1-2-3-20-6-5(17)7(19-4-18-6)21-8(9(11,12)13)10(14,15)16/h4,8H,2-3,17H2,1H3. The smallest absolute Gasteiger partial charge is 0.434 e. The first-order valence-electron chi connectivity index (χ1n) is 5.60. The Balaban J connectivity index is 3.05. The van der Waals surface area contributed by atoms with Gasteiger partial charge in [-0.2, -0.15) is 36.3 Å². The van der Waals surface area contributed by atoms with Crippen molar-refractivity contribution in [3.05, 3.63) is 6.33 Å². The number of halogens is 6. The van der Waals surface area contributed by atoms with Crippen molar-refractivity contribution in [1.29, 1.82) is 0 Å². The van der Waals surface area contributed by atoms with Crippen LogP contribution in [0.5, 0.6) is 11.8 Å². The van der Waals surface area contributed by atoms with Crippen molar-refractivity contribution >= 4 is 5.69 Å². The van der Waals surface area contributed by atoms with Gasteiger partial charge in [-0.3, -0.25) is 0 Å². The highest BCUT2D eigenvalue weighted by Gasteiger charge is 2.59. The zero-order chi connectivity index (χ0) is 16.3. The van der Waals surface area contributed by atoms with E-state index in [-0.39, 0.29) is 12.5 Å². The molecule has 0 spiro atoms. The van der Waals surface area contributed by atoms with E-state index in [4.69, 9.17) is 10.5 Å². The topological polar surface area (TPSA) is 70.3 Å². The number of rotatable bonds is 5. The van der Waals surface area contributed by atoms with Crippen LogP contribution in [0.25, 0.3) is 0 Å². The molecule has 1 rings (SSSR count). The molecule has 1 heterocycles. The highest BCUT2D eigenvalue weighted by atomic mass is 19.4. The van der Waals surface area contributed by atoms with Gasteiger partial charge in [-0.25, -0.2) is 0 Å². The quantitative estimate of drug-likeness (QED) is 0.845. The van der Waals surface area contributed by atoms with Gasteiger partial charge in [0.25, 0.3) is 6.10 Å².